The van der Waals surface area contributed by atoms with Crippen LogP contribution in [0.3, 0.4) is 0 Å². The van der Waals surface area contributed by atoms with E-state index in [0.717, 1.165) is 23.1 Å². The average molecular weight is 369 g/mol. The Labute approximate surface area is 151 Å². The van der Waals surface area contributed by atoms with Crippen LogP contribution < -0.4 is 5.48 Å². The lowest BCUT2D eigenvalue weighted by Crippen LogP contribution is -2.24. The number of thioether (sulfide) groups is 2. The van der Waals surface area contributed by atoms with Crippen LogP contribution in [0.4, 0.5) is 0 Å². The smallest absolute Gasteiger partial charge is 0.224 e. The third-order valence-electron chi connectivity index (χ3n) is 3.61. The highest BCUT2D eigenvalue weighted by molar-refractivity contribution is 8.04. The van der Waals surface area contributed by atoms with Gasteiger partial charge in [-0.3, -0.25) is 0 Å². The van der Waals surface area contributed by atoms with Crippen molar-refractivity contribution in [2.45, 2.75) is 43.5 Å². The van der Waals surface area contributed by atoms with Gasteiger partial charge in [-0.25, -0.2) is 4.99 Å². The standard InChI is InChI=1S/C17H21ClN2OS2/c1-17(2,3)14-9-8-13(23-14)16-19-15(20-21-16)10-22-12-6-4-11(18)5-7-12/h4-7,9,13,15,20H,8,10H2,1-3H3. The normalized spacial score (nSPS) is 24.3. The molecular formula is C17H21ClN2OS2. The first-order chi connectivity index (χ1) is 10.9. The number of rotatable bonds is 4. The molecule has 2 atom stereocenters. The number of nitrogens with zero attached hydrogens (tertiary/aromatic N) is 1. The van der Waals surface area contributed by atoms with Gasteiger partial charge in [0.05, 0.1) is 5.25 Å². The Morgan fingerprint density at radius 3 is 2.74 bits per heavy atom. The molecule has 0 spiro atoms. The molecule has 2 aliphatic heterocycles. The van der Waals surface area contributed by atoms with Gasteiger partial charge in [-0.05, 0) is 41.0 Å². The first-order valence-corrected chi connectivity index (χ1v) is 9.92. The maximum Gasteiger partial charge on any atom is 0.224 e. The summed E-state index contributed by atoms with van der Waals surface area (Å²) < 4.78 is 0. The second kappa shape index (κ2) is 7.09. The fraction of sp³-hybridized carbons (Fsp3) is 0.471. The number of nitrogens with one attached hydrogen (secondary N) is 1. The van der Waals surface area contributed by atoms with Gasteiger partial charge in [-0.2, -0.15) is 0 Å². The van der Waals surface area contributed by atoms with Crippen LogP contribution in [-0.4, -0.2) is 23.1 Å². The molecule has 0 aromatic heterocycles. The van der Waals surface area contributed by atoms with Crippen LogP contribution in [0, 0.1) is 5.41 Å². The van der Waals surface area contributed by atoms with Gasteiger partial charge in [0.15, 0.2) is 0 Å². The minimum absolute atomic E-state index is 0.00460. The fourth-order valence-electron chi connectivity index (χ4n) is 2.36. The molecule has 0 fully saturated rings. The Kier molecular flexibility index (Phi) is 5.31. The molecule has 6 heteroatoms. The molecule has 2 aliphatic rings. The molecule has 0 aliphatic carbocycles. The van der Waals surface area contributed by atoms with Crippen molar-refractivity contribution in [3.05, 3.63) is 40.3 Å². The Balaban J connectivity index is 1.52. The summed E-state index contributed by atoms with van der Waals surface area (Å²) >= 11 is 9.53. The second-order valence-electron chi connectivity index (χ2n) is 6.63. The van der Waals surface area contributed by atoms with Crippen LogP contribution in [0.2, 0.25) is 5.02 Å². The molecule has 1 N–H and O–H groups in total. The van der Waals surface area contributed by atoms with Crippen molar-refractivity contribution >= 4 is 41.0 Å². The highest BCUT2D eigenvalue weighted by Crippen LogP contribution is 2.44. The summed E-state index contributed by atoms with van der Waals surface area (Å²) in [6, 6.07) is 7.87. The van der Waals surface area contributed by atoms with Gasteiger partial charge in [0, 0.05) is 15.7 Å². The van der Waals surface area contributed by atoms with Crippen LogP contribution in [0.15, 0.2) is 45.1 Å². The Bertz CT molecular complexity index is 622. The fourth-order valence-corrected chi connectivity index (χ4v) is 4.56. The van der Waals surface area contributed by atoms with E-state index in [-0.39, 0.29) is 11.6 Å². The quantitative estimate of drug-likeness (QED) is 0.747. The molecule has 0 saturated carbocycles. The lowest BCUT2D eigenvalue weighted by atomic mass is 9.95. The van der Waals surface area contributed by atoms with Crippen molar-refractivity contribution in [1.82, 2.24) is 5.48 Å². The molecule has 124 valence electrons. The number of benzene rings is 1. The minimum atomic E-state index is 0.00460. The van der Waals surface area contributed by atoms with Gasteiger partial charge < -0.3 is 4.84 Å². The average Bonchev–Trinajstić information content (AvgIpc) is 3.15. The Morgan fingerprint density at radius 2 is 2.09 bits per heavy atom. The van der Waals surface area contributed by atoms with E-state index in [1.165, 1.54) is 9.80 Å². The summed E-state index contributed by atoms with van der Waals surface area (Å²) in [7, 11) is 0. The largest absolute Gasteiger partial charge is 0.390 e. The zero-order valence-corrected chi connectivity index (χ0v) is 15.9. The third-order valence-corrected chi connectivity index (χ3v) is 6.66. The molecule has 0 saturated heterocycles. The Hall–Kier alpha value is -0.620. The predicted octanol–water partition coefficient (Wildman–Crippen LogP) is 5.13. The van der Waals surface area contributed by atoms with E-state index in [0.29, 0.717) is 5.25 Å². The van der Waals surface area contributed by atoms with E-state index in [2.05, 4.69) is 32.3 Å². The second-order valence-corrected chi connectivity index (χ2v) is 9.40. The number of hydrogen-bond acceptors (Lipinski definition) is 5. The highest BCUT2D eigenvalue weighted by atomic mass is 35.5. The first kappa shape index (κ1) is 17.2. The van der Waals surface area contributed by atoms with Crippen LogP contribution >= 0.6 is 35.1 Å². The summed E-state index contributed by atoms with van der Waals surface area (Å²) in [6.07, 6.45) is 3.32. The van der Waals surface area contributed by atoms with E-state index in [1.54, 1.807) is 11.8 Å². The van der Waals surface area contributed by atoms with Crippen LogP contribution in [0.1, 0.15) is 27.2 Å². The van der Waals surface area contributed by atoms with E-state index < -0.39 is 0 Å². The van der Waals surface area contributed by atoms with Crippen molar-refractivity contribution < 1.29 is 4.84 Å². The van der Waals surface area contributed by atoms with Gasteiger partial charge in [-0.15, -0.1) is 29.0 Å². The molecule has 0 radical (unpaired) electrons. The van der Waals surface area contributed by atoms with E-state index in [9.17, 15) is 0 Å². The van der Waals surface area contributed by atoms with E-state index >= 15 is 0 Å². The van der Waals surface area contributed by atoms with Crippen molar-refractivity contribution in [3.63, 3.8) is 0 Å². The van der Waals surface area contributed by atoms with Crippen molar-refractivity contribution in [1.29, 1.82) is 0 Å². The van der Waals surface area contributed by atoms with Crippen LogP contribution in [0.5, 0.6) is 0 Å². The SMILES string of the molecule is CC(C)(C)C1=CCC(C2=NC(CSc3ccc(Cl)cc3)NO2)S1. The monoisotopic (exact) mass is 368 g/mol. The molecule has 23 heavy (non-hydrogen) atoms. The molecule has 0 amide bonds. The topological polar surface area (TPSA) is 33.6 Å². The lowest BCUT2D eigenvalue weighted by molar-refractivity contribution is 0.183. The summed E-state index contributed by atoms with van der Waals surface area (Å²) in [5.74, 6) is 1.66. The minimum Gasteiger partial charge on any atom is -0.390 e. The van der Waals surface area contributed by atoms with Crippen molar-refractivity contribution in [3.8, 4) is 0 Å². The van der Waals surface area contributed by atoms with E-state index in [1.807, 2.05) is 36.0 Å². The zero-order valence-electron chi connectivity index (χ0n) is 13.5. The molecule has 1 aromatic rings. The first-order valence-electron chi connectivity index (χ1n) is 7.67. The summed E-state index contributed by atoms with van der Waals surface area (Å²) in [5.41, 5.74) is 3.24. The van der Waals surface area contributed by atoms with E-state index in [4.69, 9.17) is 21.4 Å². The molecule has 2 unspecified atom stereocenters. The third kappa shape index (κ3) is 4.47. The zero-order chi connectivity index (χ0) is 16.4. The molecule has 1 aromatic carbocycles. The van der Waals surface area contributed by atoms with Crippen LogP contribution in [-0.2, 0) is 4.84 Å². The highest BCUT2D eigenvalue weighted by Gasteiger charge is 2.33. The summed E-state index contributed by atoms with van der Waals surface area (Å²) in [6.45, 7) is 6.74. The maximum atomic E-state index is 5.90. The summed E-state index contributed by atoms with van der Waals surface area (Å²) in [4.78, 5) is 12.9. The number of allylic oxidation sites excluding steroid dienone is 2. The molecule has 3 nitrogen and oxygen atoms in total. The van der Waals surface area contributed by atoms with Gasteiger partial charge in [0.25, 0.3) is 0 Å². The molecular weight excluding hydrogens is 348 g/mol. The molecule has 0 bridgehead atoms. The predicted molar refractivity (Wildman–Crippen MR) is 101 cm³/mol. The lowest BCUT2D eigenvalue weighted by Gasteiger charge is -2.20. The molecule has 3 rings (SSSR count). The van der Waals surface area contributed by atoms with Crippen LogP contribution in [0.25, 0.3) is 0 Å². The van der Waals surface area contributed by atoms with Gasteiger partial charge in [0.2, 0.25) is 5.90 Å². The summed E-state index contributed by atoms with van der Waals surface area (Å²) in [5, 5.41) is 1.07. The number of hydroxylamine groups is 1. The van der Waals surface area contributed by atoms with Gasteiger partial charge in [0.1, 0.15) is 6.17 Å². The van der Waals surface area contributed by atoms with Crippen molar-refractivity contribution in [2.24, 2.45) is 10.4 Å². The maximum absolute atomic E-state index is 5.90. The molecule has 2 heterocycles. The number of halogens is 1. The van der Waals surface area contributed by atoms with Gasteiger partial charge in [-0.1, -0.05) is 38.4 Å². The van der Waals surface area contributed by atoms with Crippen molar-refractivity contribution in [2.75, 3.05) is 5.75 Å². The van der Waals surface area contributed by atoms with Gasteiger partial charge >= 0.3 is 0 Å². The number of hydrogen-bond donors (Lipinski definition) is 1. The number of aliphatic imine (C=N–C) groups is 1. The Morgan fingerprint density at radius 1 is 1.35 bits per heavy atom.